The lowest BCUT2D eigenvalue weighted by atomic mass is 10.1. The fourth-order valence-electron chi connectivity index (χ4n) is 2.09. The molecule has 0 atom stereocenters. The van der Waals surface area contributed by atoms with Crippen molar-refractivity contribution in [3.05, 3.63) is 82.6 Å². The van der Waals surface area contributed by atoms with E-state index in [4.69, 9.17) is 4.84 Å². The van der Waals surface area contributed by atoms with E-state index < -0.39 is 0 Å². The molecule has 106 valence electrons. The van der Waals surface area contributed by atoms with E-state index in [1.807, 2.05) is 24.3 Å². The molecule has 0 aliphatic carbocycles. The largest absolute Gasteiger partial charge is 0.297 e. The van der Waals surface area contributed by atoms with Crippen molar-refractivity contribution in [3.63, 3.8) is 0 Å². The molecular formula is C18H17NOS. The second kappa shape index (κ2) is 7.18. The van der Waals surface area contributed by atoms with E-state index in [1.54, 1.807) is 11.3 Å². The topological polar surface area (TPSA) is 21.3 Å². The van der Waals surface area contributed by atoms with Gasteiger partial charge >= 0.3 is 0 Å². The van der Waals surface area contributed by atoms with Crippen LogP contribution >= 0.6 is 11.3 Å². The molecule has 2 nitrogen and oxygen atoms in total. The zero-order valence-electron chi connectivity index (χ0n) is 11.7. The van der Waals surface area contributed by atoms with Crippen molar-refractivity contribution in [2.45, 2.75) is 13.2 Å². The van der Waals surface area contributed by atoms with Crippen LogP contribution in [-0.4, -0.2) is 0 Å². The van der Waals surface area contributed by atoms with E-state index in [9.17, 15) is 0 Å². The molecule has 1 heterocycles. The smallest absolute Gasteiger partial charge is 0.0933 e. The molecule has 0 radical (unpaired) electrons. The third-order valence-corrected chi connectivity index (χ3v) is 4.13. The van der Waals surface area contributed by atoms with Gasteiger partial charge in [-0.1, -0.05) is 60.7 Å². The molecule has 0 amide bonds. The van der Waals surface area contributed by atoms with Crippen molar-refractivity contribution in [2.75, 3.05) is 0 Å². The van der Waals surface area contributed by atoms with Gasteiger partial charge in [0.15, 0.2) is 0 Å². The van der Waals surface area contributed by atoms with Crippen LogP contribution in [0.15, 0.2) is 72.1 Å². The SMILES string of the molecule is c1ccc(CONCc2cc(-c3ccccc3)cs2)cc1. The molecule has 0 aliphatic heterocycles. The fraction of sp³-hybridized carbons (Fsp3) is 0.111. The average molecular weight is 295 g/mol. The maximum atomic E-state index is 5.50. The van der Waals surface area contributed by atoms with Crippen LogP contribution in [0.2, 0.25) is 0 Å². The van der Waals surface area contributed by atoms with Crippen LogP contribution in [0, 0.1) is 0 Å². The number of hydroxylamine groups is 1. The zero-order chi connectivity index (χ0) is 14.3. The molecule has 2 aromatic carbocycles. The standard InChI is InChI=1S/C18H17NOS/c1-3-7-15(8-4-1)13-20-19-12-18-11-17(14-21-18)16-9-5-2-6-10-16/h1-11,14,19H,12-13H2. The lowest BCUT2D eigenvalue weighted by Crippen LogP contribution is -2.12. The Labute approximate surface area is 129 Å². The van der Waals surface area contributed by atoms with Gasteiger partial charge in [0, 0.05) is 4.88 Å². The molecule has 0 aliphatic rings. The minimum atomic E-state index is 0.581. The summed E-state index contributed by atoms with van der Waals surface area (Å²) < 4.78 is 0. The number of hydrogen-bond acceptors (Lipinski definition) is 3. The van der Waals surface area contributed by atoms with E-state index in [1.165, 1.54) is 21.6 Å². The molecule has 0 fully saturated rings. The van der Waals surface area contributed by atoms with Crippen molar-refractivity contribution in [3.8, 4) is 11.1 Å². The van der Waals surface area contributed by atoms with Gasteiger partial charge in [0.1, 0.15) is 0 Å². The molecule has 3 aromatic rings. The molecule has 21 heavy (non-hydrogen) atoms. The minimum Gasteiger partial charge on any atom is -0.297 e. The highest BCUT2D eigenvalue weighted by atomic mass is 32.1. The Kier molecular flexibility index (Phi) is 4.79. The van der Waals surface area contributed by atoms with Crippen molar-refractivity contribution in [2.24, 2.45) is 0 Å². The maximum absolute atomic E-state index is 5.50. The van der Waals surface area contributed by atoms with Crippen molar-refractivity contribution < 1.29 is 4.84 Å². The summed E-state index contributed by atoms with van der Waals surface area (Å²) in [7, 11) is 0. The quantitative estimate of drug-likeness (QED) is 0.528. The Balaban J connectivity index is 1.49. The third-order valence-electron chi connectivity index (χ3n) is 3.19. The summed E-state index contributed by atoms with van der Waals surface area (Å²) in [6.07, 6.45) is 0. The van der Waals surface area contributed by atoms with Gasteiger partial charge in [-0.2, -0.15) is 5.48 Å². The monoisotopic (exact) mass is 295 g/mol. The third kappa shape index (κ3) is 4.02. The first-order chi connectivity index (χ1) is 10.4. The summed E-state index contributed by atoms with van der Waals surface area (Å²) in [5, 5.41) is 2.18. The Morgan fingerprint density at radius 3 is 2.33 bits per heavy atom. The van der Waals surface area contributed by atoms with Gasteiger partial charge in [0.25, 0.3) is 0 Å². The summed E-state index contributed by atoms with van der Waals surface area (Å²) in [5.41, 5.74) is 6.71. The van der Waals surface area contributed by atoms with Crippen molar-refractivity contribution >= 4 is 11.3 Å². The van der Waals surface area contributed by atoms with Gasteiger partial charge < -0.3 is 0 Å². The van der Waals surface area contributed by atoms with Crippen LogP contribution in [0.5, 0.6) is 0 Å². The molecule has 1 aromatic heterocycles. The van der Waals surface area contributed by atoms with Gasteiger partial charge in [-0.25, -0.2) is 0 Å². The average Bonchev–Trinajstić information content (AvgIpc) is 3.02. The van der Waals surface area contributed by atoms with E-state index in [2.05, 4.69) is 53.3 Å². The van der Waals surface area contributed by atoms with Gasteiger partial charge in [-0.05, 0) is 28.1 Å². The summed E-state index contributed by atoms with van der Waals surface area (Å²) >= 11 is 1.75. The Hall–Kier alpha value is -1.94. The van der Waals surface area contributed by atoms with E-state index in [0.717, 1.165) is 6.54 Å². The Bertz CT molecular complexity index is 664. The van der Waals surface area contributed by atoms with Crippen LogP contribution in [0.4, 0.5) is 0 Å². The van der Waals surface area contributed by atoms with Crippen LogP contribution in [0.3, 0.4) is 0 Å². The minimum absolute atomic E-state index is 0.581. The highest BCUT2D eigenvalue weighted by molar-refractivity contribution is 7.10. The first-order valence-electron chi connectivity index (χ1n) is 6.93. The van der Waals surface area contributed by atoms with Gasteiger partial charge in [0.2, 0.25) is 0 Å². The van der Waals surface area contributed by atoms with Gasteiger partial charge in [-0.15, -0.1) is 11.3 Å². The Morgan fingerprint density at radius 2 is 1.57 bits per heavy atom. The summed E-state index contributed by atoms with van der Waals surface area (Å²) in [5.74, 6) is 0. The van der Waals surface area contributed by atoms with E-state index in [0.29, 0.717) is 6.61 Å². The van der Waals surface area contributed by atoms with Crippen LogP contribution in [-0.2, 0) is 18.0 Å². The van der Waals surface area contributed by atoms with E-state index >= 15 is 0 Å². The van der Waals surface area contributed by atoms with Gasteiger partial charge in [-0.3, -0.25) is 4.84 Å². The second-order valence-electron chi connectivity index (χ2n) is 4.76. The lowest BCUT2D eigenvalue weighted by molar-refractivity contribution is 0.0240. The zero-order valence-corrected chi connectivity index (χ0v) is 12.5. The molecular weight excluding hydrogens is 278 g/mol. The second-order valence-corrected chi connectivity index (χ2v) is 5.76. The number of thiophene rings is 1. The van der Waals surface area contributed by atoms with Crippen LogP contribution in [0.25, 0.3) is 11.1 Å². The highest BCUT2D eigenvalue weighted by Gasteiger charge is 2.02. The normalized spacial score (nSPS) is 10.7. The molecule has 0 saturated heterocycles. The molecule has 1 N–H and O–H groups in total. The molecule has 0 spiro atoms. The first-order valence-corrected chi connectivity index (χ1v) is 7.81. The Morgan fingerprint density at radius 1 is 0.857 bits per heavy atom. The fourth-order valence-corrected chi connectivity index (χ4v) is 2.91. The maximum Gasteiger partial charge on any atom is 0.0933 e. The molecule has 0 unspecified atom stereocenters. The molecule has 0 bridgehead atoms. The highest BCUT2D eigenvalue weighted by Crippen LogP contribution is 2.25. The summed E-state index contributed by atoms with van der Waals surface area (Å²) in [6.45, 7) is 1.31. The van der Waals surface area contributed by atoms with Crippen LogP contribution in [0.1, 0.15) is 10.4 Å². The van der Waals surface area contributed by atoms with Crippen LogP contribution < -0.4 is 5.48 Å². The number of benzene rings is 2. The molecule has 3 rings (SSSR count). The van der Waals surface area contributed by atoms with Crippen molar-refractivity contribution in [1.29, 1.82) is 0 Å². The number of hydrogen-bond donors (Lipinski definition) is 1. The van der Waals surface area contributed by atoms with Gasteiger partial charge in [0.05, 0.1) is 13.2 Å². The number of nitrogens with one attached hydrogen (secondary N) is 1. The first kappa shape index (κ1) is 14.0. The molecule has 3 heteroatoms. The van der Waals surface area contributed by atoms with Crippen molar-refractivity contribution in [1.82, 2.24) is 5.48 Å². The predicted molar refractivity (Wildman–Crippen MR) is 87.8 cm³/mol. The lowest BCUT2D eigenvalue weighted by Gasteiger charge is -2.04. The van der Waals surface area contributed by atoms with E-state index in [-0.39, 0.29) is 0 Å². The number of rotatable bonds is 6. The summed E-state index contributed by atoms with van der Waals surface area (Å²) in [4.78, 5) is 6.76. The molecule has 0 saturated carbocycles. The predicted octanol–water partition coefficient (Wildman–Crippen LogP) is 4.64. The summed E-state index contributed by atoms with van der Waals surface area (Å²) in [6, 6.07) is 22.8.